The van der Waals surface area contributed by atoms with Gasteiger partial charge in [-0.15, -0.1) is 0 Å². The number of carbonyl (C=O) groups excluding carboxylic acids is 1. The number of carbonyl (C=O) groups is 1. The number of anilines is 1. The molecule has 2 N–H and O–H groups in total. The summed E-state index contributed by atoms with van der Waals surface area (Å²) in [6.07, 6.45) is 0. The second kappa shape index (κ2) is 5.12. The van der Waals surface area contributed by atoms with Gasteiger partial charge >= 0.3 is 0 Å². The molecule has 0 atom stereocenters. The molecule has 1 heterocycles. The Morgan fingerprint density at radius 3 is 2.32 bits per heavy atom. The fourth-order valence-corrected chi connectivity index (χ4v) is 2.70. The number of primary sulfonamides is 1. The highest BCUT2D eigenvalue weighted by atomic mass is 32.2. The number of nitrogens with zero attached hydrogens (tertiary/aromatic N) is 1. The molecular weight excluding hydrogens is 284 g/mol. The average Bonchev–Trinajstić information content (AvgIpc) is 2.90. The van der Waals surface area contributed by atoms with Crippen LogP contribution in [0.3, 0.4) is 0 Å². The lowest BCUT2D eigenvalue weighted by molar-refractivity contribution is 0.0993. The van der Waals surface area contributed by atoms with Gasteiger partial charge in [0.25, 0.3) is 5.91 Å². The first-order chi connectivity index (χ1) is 8.89. The van der Waals surface area contributed by atoms with Gasteiger partial charge in [-0.1, -0.05) is 0 Å². The van der Waals surface area contributed by atoms with Crippen LogP contribution in [0.1, 0.15) is 10.4 Å². The minimum absolute atomic E-state index is 0.0210. The maximum absolute atomic E-state index is 12.1. The second-order valence-corrected chi connectivity index (χ2v) is 6.26. The summed E-state index contributed by atoms with van der Waals surface area (Å²) in [5.74, 6) is -0.149. The first-order valence-electron chi connectivity index (χ1n) is 5.33. The van der Waals surface area contributed by atoms with Crippen molar-refractivity contribution in [2.24, 2.45) is 5.14 Å². The van der Waals surface area contributed by atoms with Gasteiger partial charge in [-0.2, -0.15) is 11.3 Å². The van der Waals surface area contributed by atoms with Crippen molar-refractivity contribution >= 4 is 33.0 Å². The van der Waals surface area contributed by atoms with E-state index in [1.54, 1.807) is 30.6 Å². The van der Waals surface area contributed by atoms with Gasteiger partial charge < -0.3 is 4.90 Å². The van der Waals surface area contributed by atoms with E-state index in [-0.39, 0.29) is 10.8 Å². The molecule has 1 aromatic heterocycles. The van der Waals surface area contributed by atoms with E-state index in [0.29, 0.717) is 11.3 Å². The van der Waals surface area contributed by atoms with E-state index in [4.69, 9.17) is 5.14 Å². The smallest absolute Gasteiger partial charge is 0.258 e. The van der Waals surface area contributed by atoms with E-state index >= 15 is 0 Å². The van der Waals surface area contributed by atoms with E-state index < -0.39 is 10.0 Å². The third-order valence-electron chi connectivity index (χ3n) is 2.63. The Balaban J connectivity index is 2.25. The third kappa shape index (κ3) is 3.01. The molecule has 19 heavy (non-hydrogen) atoms. The lowest BCUT2D eigenvalue weighted by Gasteiger charge is -2.16. The Morgan fingerprint density at radius 1 is 1.21 bits per heavy atom. The van der Waals surface area contributed by atoms with E-state index in [0.717, 1.165) is 0 Å². The Morgan fingerprint density at radius 2 is 1.84 bits per heavy atom. The molecule has 0 aliphatic heterocycles. The van der Waals surface area contributed by atoms with E-state index in [1.807, 2.05) is 5.38 Å². The number of hydrogen-bond donors (Lipinski definition) is 1. The standard InChI is InChI=1S/C12H12N2O3S2/c1-14(12(15)9-6-7-18-8-9)10-2-4-11(5-3-10)19(13,16)17/h2-8H,1H3,(H2,13,16,17). The molecule has 0 fully saturated rings. The number of nitrogens with two attached hydrogens (primary N) is 1. The maximum atomic E-state index is 12.1. The molecule has 7 heteroatoms. The van der Waals surface area contributed by atoms with Crippen molar-refractivity contribution < 1.29 is 13.2 Å². The van der Waals surface area contributed by atoms with Crippen LogP contribution >= 0.6 is 11.3 Å². The molecule has 0 bridgehead atoms. The Kier molecular flexibility index (Phi) is 3.70. The Hall–Kier alpha value is -1.70. The van der Waals surface area contributed by atoms with Gasteiger partial charge in [-0.05, 0) is 35.7 Å². The highest BCUT2D eigenvalue weighted by Gasteiger charge is 2.14. The summed E-state index contributed by atoms with van der Waals surface area (Å²) >= 11 is 1.44. The molecule has 0 saturated heterocycles. The second-order valence-electron chi connectivity index (χ2n) is 3.92. The number of sulfonamides is 1. The molecule has 5 nitrogen and oxygen atoms in total. The Labute approximate surface area is 115 Å². The summed E-state index contributed by atoms with van der Waals surface area (Å²) in [5.41, 5.74) is 1.20. The summed E-state index contributed by atoms with van der Waals surface area (Å²) in [7, 11) is -2.08. The molecule has 1 aromatic carbocycles. The first-order valence-corrected chi connectivity index (χ1v) is 7.81. The molecule has 0 radical (unpaired) electrons. The molecule has 1 amide bonds. The summed E-state index contributed by atoms with van der Waals surface area (Å²) in [6.45, 7) is 0. The predicted molar refractivity (Wildman–Crippen MR) is 74.9 cm³/mol. The minimum atomic E-state index is -3.71. The minimum Gasteiger partial charge on any atom is -0.311 e. The monoisotopic (exact) mass is 296 g/mol. The molecule has 0 aliphatic rings. The maximum Gasteiger partial charge on any atom is 0.258 e. The van der Waals surface area contributed by atoms with Gasteiger partial charge in [0, 0.05) is 18.1 Å². The molecule has 0 saturated carbocycles. The predicted octanol–water partition coefficient (Wildman–Crippen LogP) is 1.67. The van der Waals surface area contributed by atoms with Crippen molar-refractivity contribution in [3.8, 4) is 0 Å². The van der Waals surface area contributed by atoms with E-state index in [2.05, 4.69) is 0 Å². The van der Waals surface area contributed by atoms with Gasteiger partial charge in [0.05, 0.1) is 10.5 Å². The molecule has 0 aliphatic carbocycles. The van der Waals surface area contributed by atoms with Crippen LogP contribution in [-0.4, -0.2) is 21.4 Å². The van der Waals surface area contributed by atoms with Crippen LogP contribution in [0.5, 0.6) is 0 Å². The normalized spacial score (nSPS) is 11.3. The molecular formula is C12H12N2O3S2. The molecule has 100 valence electrons. The fourth-order valence-electron chi connectivity index (χ4n) is 1.56. The van der Waals surface area contributed by atoms with Crippen LogP contribution in [0.2, 0.25) is 0 Å². The number of thiophene rings is 1. The zero-order valence-corrected chi connectivity index (χ0v) is 11.7. The average molecular weight is 296 g/mol. The van der Waals surface area contributed by atoms with Gasteiger partial charge in [0.1, 0.15) is 0 Å². The zero-order chi connectivity index (χ0) is 14.0. The summed E-state index contributed by atoms with van der Waals surface area (Å²) in [6, 6.07) is 7.58. The van der Waals surface area contributed by atoms with Gasteiger partial charge in [0.15, 0.2) is 0 Å². The topological polar surface area (TPSA) is 80.5 Å². The number of benzene rings is 1. The van der Waals surface area contributed by atoms with Crippen LogP contribution < -0.4 is 10.0 Å². The molecule has 0 unspecified atom stereocenters. The quantitative estimate of drug-likeness (QED) is 0.935. The molecule has 2 aromatic rings. The largest absolute Gasteiger partial charge is 0.311 e. The van der Waals surface area contributed by atoms with Crippen molar-refractivity contribution in [2.75, 3.05) is 11.9 Å². The van der Waals surface area contributed by atoms with Crippen LogP contribution in [-0.2, 0) is 10.0 Å². The summed E-state index contributed by atoms with van der Waals surface area (Å²) < 4.78 is 22.3. The highest BCUT2D eigenvalue weighted by Crippen LogP contribution is 2.19. The van der Waals surface area contributed by atoms with Crippen molar-refractivity contribution in [1.29, 1.82) is 0 Å². The molecule has 2 rings (SSSR count). The van der Waals surface area contributed by atoms with Crippen LogP contribution in [0.15, 0.2) is 46.0 Å². The van der Waals surface area contributed by atoms with E-state index in [1.165, 1.54) is 28.4 Å². The van der Waals surface area contributed by atoms with Gasteiger partial charge in [-0.3, -0.25) is 4.79 Å². The number of amides is 1. The third-order valence-corrected chi connectivity index (χ3v) is 4.24. The van der Waals surface area contributed by atoms with Gasteiger partial charge in [0.2, 0.25) is 10.0 Å². The molecule has 0 spiro atoms. The van der Waals surface area contributed by atoms with E-state index in [9.17, 15) is 13.2 Å². The first kappa shape index (κ1) is 13.7. The summed E-state index contributed by atoms with van der Waals surface area (Å²) in [5, 5.41) is 8.60. The van der Waals surface area contributed by atoms with Crippen molar-refractivity contribution in [3.63, 3.8) is 0 Å². The van der Waals surface area contributed by atoms with Gasteiger partial charge in [-0.25, -0.2) is 13.6 Å². The van der Waals surface area contributed by atoms with Crippen molar-refractivity contribution in [1.82, 2.24) is 0 Å². The van der Waals surface area contributed by atoms with Crippen molar-refractivity contribution in [3.05, 3.63) is 46.7 Å². The lowest BCUT2D eigenvalue weighted by Crippen LogP contribution is -2.25. The number of rotatable bonds is 3. The van der Waals surface area contributed by atoms with Crippen LogP contribution in [0.25, 0.3) is 0 Å². The van der Waals surface area contributed by atoms with Crippen LogP contribution in [0, 0.1) is 0 Å². The fraction of sp³-hybridized carbons (Fsp3) is 0.0833. The summed E-state index contributed by atoms with van der Waals surface area (Å²) in [4.78, 5) is 13.6. The number of hydrogen-bond acceptors (Lipinski definition) is 4. The van der Waals surface area contributed by atoms with Crippen molar-refractivity contribution in [2.45, 2.75) is 4.90 Å². The van der Waals surface area contributed by atoms with Crippen LogP contribution in [0.4, 0.5) is 5.69 Å². The Bertz CT molecular complexity index is 676. The highest BCUT2D eigenvalue weighted by molar-refractivity contribution is 7.89. The zero-order valence-electron chi connectivity index (χ0n) is 10.1. The SMILES string of the molecule is CN(C(=O)c1ccsc1)c1ccc(S(N)(=O)=O)cc1. The lowest BCUT2D eigenvalue weighted by atomic mass is 10.2.